The first-order valence-electron chi connectivity index (χ1n) is 6.44. The SMILES string of the molecule is O=C(O)NCC#Cc1cc(F)c(N2CCC(=O)NC2=O)c(F)c1. The molecule has 7 nitrogen and oxygen atoms in total. The number of carbonyl (C=O) groups is 3. The Kier molecular flexibility index (Phi) is 4.75. The highest BCUT2D eigenvalue weighted by atomic mass is 19.1. The molecule has 1 heterocycles. The quantitative estimate of drug-likeness (QED) is 0.708. The van der Waals surface area contributed by atoms with Crippen molar-refractivity contribution in [1.29, 1.82) is 0 Å². The number of rotatable bonds is 2. The average molecular weight is 323 g/mol. The van der Waals surface area contributed by atoms with Gasteiger partial charge >= 0.3 is 12.1 Å². The number of halogens is 2. The lowest BCUT2D eigenvalue weighted by Crippen LogP contribution is -2.50. The summed E-state index contributed by atoms with van der Waals surface area (Å²) in [4.78, 5) is 33.7. The molecule has 23 heavy (non-hydrogen) atoms. The van der Waals surface area contributed by atoms with E-state index in [1.54, 1.807) is 0 Å². The molecule has 2 rings (SSSR count). The number of benzene rings is 1. The molecule has 0 radical (unpaired) electrons. The van der Waals surface area contributed by atoms with Crippen molar-refractivity contribution < 1.29 is 28.3 Å². The van der Waals surface area contributed by atoms with Crippen LogP contribution in [0.1, 0.15) is 12.0 Å². The highest BCUT2D eigenvalue weighted by Crippen LogP contribution is 2.26. The van der Waals surface area contributed by atoms with Gasteiger partial charge in [0.25, 0.3) is 0 Å². The zero-order valence-corrected chi connectivity index (χ0v) is 11.7. The minimum atomic E-state index is -1.27. The van der Waals surface area contributed by atoms with E-state index in [4.69, 9.17) is 5.11 Å². The van der Waals surface area contributed by atoms with Crippen LogP contribution in [0, 0.1) is 23.5 Å². The molecular weight excluding hydrogens is 312 g/mol. The van der Waals surface area contributed by atoms with Crippen LogP contribution in [0.5, 0.6) is 0 Å². The number of amides is 4. The van der Waals surface area contributed by atoms with E-state index in [0.717, 1.165) is 17.0 Å². The molecule has 0 saturated carbocycles. The lowest BCUT2D eigenvalue weighted by Gasteiger charge is -2.27. The zero-order chi connectivity index (χ0) is 17.0. The summed E-state index contributed by atoms with van der Waals surface area (Å²) in [5.74, 6) is 2.26. The summed E-state index contributed by atoms with van der Waals surface area (Å²) in [6.45, 7) is -0.330. The van der Waals surface area contributed by atoms with Crippen LogP contribution in [-0.2, 0) is 4.79 Å². The Balaban J connectivity index is 2.22. The number of nitrogens with zero attached hydrogens (tertiary/aromatic N) is 1. The molecule has 1 saturated heterocycles. The van der Waals surface area contributed by atoms with Crippen molar-refractivity contribution in [3.63, 3.8) is 0 Å². The van der Waals surface area contributed by atoms with E-state index in [-0.39, 0.29) is 25.1 Å². The topological polar surface area (TPSA) is 98.7 Å². The number of nitrogens with one attached hydrogen (secondary N) is 2. The summed E-state index contributed by atoms with van der Waals surface area (Å²) in [5.41, 5.74) is -0.575. The van der Waals surface area contributed by atoms with Gasteiger partial charge in [0.05, 0.1) is 6.54 Å². The number of carbonyl (C=O) groups excluding carboxylic acids is 2. The number of hydrogen-bond acceptors (Lipinski definition) is 3. The molecule has 4 amide bonds. The van der Waals surface area contributed by atoms with Crippen molar-refractivity contribution in [1.82, 2.24) is 10.6 Å². The van der Waals surface area contributed by atoms with E-state index < -0.39 is 35.4 Å². The molecule has 3 N–H and O–H groups in total. The highest BCUT2D eigenvalue weighted by Gasteiger charge is 2.28. The average Bonchev–Trinajstić information content (AvgIpc) is 2.45. The van der Waals surface area contributed by atoms with Crippen LogP contribution in [0.2, 0.25) is 0 Å². The molecule has 0 aromatic heterocycles. The Morgan fingerprint density at radius 3 is 2.57 bits per heavy atom. The van der Waals surface area contributed by atoms with Gasteiger partial charge in [0.15, 0.2) is 11.6 Å². The van der Waals surface area contributed by atoms with Crippen molar-refractivity contribution in [2.75, 3.05) is 18.0 Å². The van der Waals surface area contributed by atoms with Gasteiger partial charge in [0, 0.05) is 18.5 Å². The number of carboxylic acid groups (broad SMARTS) is 1. The third-order valence-corrected chi connectivity index (χ3v) is 2.90. The first kappa shape index (κ1) is 16.2. The fourth-order valence-electron chi connectivity index (χ4n) is 1.94. The fourth-order valence-corrected chi connectivity index (χ4v) is 1.94. The number of urea groups is 1. The molecule has 1 aliphatic rings. The predicted molar refractivity (Wildman–Crippen MR) is 74.8 cm³/mol. The van der Waals surface area contributed by atoms with Crippen LogP contribution >= 0.6 is 0 Å². The van der Waals surface area contributed by atoms with Crippen LogP contribution in [0.3, 0.4) is 0 Å². The van der Waals surface area contributed by atoms with E-state index in [2.05, 4.69) is 11.8 Å². The second kappa shape index (κ2) is 6.74. The molecule has 0 unspecified atom stereocenters. The van der Waals surface area contributed by atoms with Crippen LogP contribution in [0.15, 0.2) is 12.1 Å². The minimum Gasteiger partial charge on any atom is -0.465 e. The highest BCUT2D eigenvalue weighted by molar-refractivity contribution is 6.05. The summed E-state index contributed by atoms with van der Waals surface area (Å²) in [7, 11) is 0. The predicted octanol–water partition coefficient (Wildman–Crippen LogP) is 1.03. The maximum Gasteiger partial charge on any atom is 0.405 e. The maximum absolute atomic E-state index is 14.1. The Morgan fingerprint density at radius 2 is 2.00 bits per heavy atom. The first-order valence-corrected chi connectivity index (χ1v) is 6.44. The third kappa shape index (κ3) is 3.94. The van der Waals surface area contributed by atoms with Crippen molar-refractivity contribution in [3.05, 3.63) is 29.3 Å². The van der Waals surface area contributed by atoms with Gasteiger partial charge in [0.1, 0.15) is 5.69 Å². The largest absolute Gasteiger partial charge is 0.465 e. The van der Waals surface area contributed by atoms with E-state index in [0.29, 0.717) is 0 Å². The number of anilines is 1. The Bertz CT molecular complexity index is 716. The van der Waals surface area contributed by atoms with Crippen molar-refractivity contribution in [2.24, 2.45) is 0 Å². The molecular formula is C14H11F2N3O4. The monoisotopic (exact) mass is 323 g/mol. The molecule has 120 valence electrons. The lowest BCUT2D eigenvalue weighted by molar-refractivity contribution is -0.120. The van der Waals surface area contributed by atoms with Gasteiger partial charge in [-0.2, -0.15) is 0 Å². The molecule has 0 atom stereocenters. The van der Waals surface area contributed by atoms with E-state index in [9.17, 15) is 23.2 Å². The second-order valence-corrected chi connectivity index (χ2v) is 4.50. The third-order valence-electron chi connectivity index (χ3n) is 2.90. The Hall–Kier alpha value is -3.15. The fraction of sp³-hybridized carbons (Fsp3) is 0.214. The summed E-state index contributed by atoms with van der Waals surface area (Å²) < 4.78 is 28.2. The molecule has 0 aliphatic carbocycles. The van der Waals surface area contributed by atoms with Gasteiger partial charge in [-0.05, 0) is 12.1 Å². The number of hydrogen-bond donors (Lipinski definition) is 3. The van der Waals surface area contributed by atoms with Crippen LogP contribution in [0.4, 0.5) is 24.1 Å². The molecule has 1 aromatic carbocycles. The second-order valence-electron chi connectivity index (χ2n) is 4.50. The van der Waals surface area contributed by atoms with E-state index in [1.165, 1.54) is 0 Å². The normalized spacial score (nSPS) is 13.9. The first-order chi connectivity index (χ1) is 10.9. The van der Waals surface area contributed by atoms with Crippen LogP contribution in [0.25, 0.3) is 0 Å². The van der Waals surface area contributed by atoms with Crippen LogP contribution < -0.4 is 15.5 Å². The van der Waals surface area contributed by atoms with Crippen molar-refractivity contribution in [3.8, 4) is 11.8 Å². The van der Waals surface area contributed by atoms with Gasteiger partial charge in [-0.1, -0.05) is 11.8 Å². The van der Waals surface area contributed by atoms with Gasteiger partial charge < -0.3 is 10.4 Å². The zero-order valence-electron chi connectivity index (χ0n) is 11.7. The van der Waals surface area contributed by atoms with Crippen molar-refractivity contribution >= 4 is 23.7 Å². The molecule has 9 heteroatoms. The van der Waals surface area contributed by atoms with Gasteiger partial charge in [-0.15, -0.1) is 0 Å². The molecule has 1 fully saturated rings. The summed E-state index contributed by atoms with van der Waals surface area (Å²) in [6.07, 6.45) is -1.33. The minimum absolute atomic E-state index is 0.00978. The summed E-state index contributed by atoms with van der Waals surface area (Å²) in [5, 5.41) is 12.3. The summed E-state index contributed by atoms with van der Waals surface area (Å²) >= 11 is 0. The Labute approximate surface area is 129 Å². The standard InChI is InChI=1S/C14H11F2N3O4/c15-9-6-8(2-1-4-17-14(22)23)7-10(16)12(9)19-5-3-11(20)18-13(19)21/h6-7,17H,3-5H2,(H,22,23)(H,18,20,21). The lowest BCUT2D eigenvalue weighted by atomic mass is 10.1. The molecule has 1 aliphatic heterocycles. The van der Waals surface area contributed by atoms with Gasteiger partial charge in [-0.25, -0.2) is 18.4 Å². The molecule has 0 spiro atoms. The van der Waals surface area contributed by atoms with E-state index >= 15 is 0 Å². The van der Waals surface area contributed by atoms with Crippen molar-refractivity contribution in [2.45, 2.75) is 6.42 Å². The maximum atomic E-state index is 14.1. The smallest absolute Gasteiger partial charge is 0.405 e. The van der Waals surface area contributed by atoms with E-state index in [1.807, 2.05) is 10.6 Å². The number of imide groups is 1. The van der Waals surface area contributed by atoms with Gasteiger partial charge in [0.2, 0.25) is 5.91 Å². The Morgan fingerprint density at radius 1 is 1.35 bits per heavy atom. The molecule has 0 bridgehead atoms. The van der Waals surface area contributed by atoms with Crippen LogP contribution in [-0.4, -0.2) is 36.2 Å². The molecule has 1 aromatic rings. The van der Waals surface area contributed by atoms with Gasteiger partial charge in [-0.3, -0.25) is 15.0 Å². The summed E-state index contributed by atoms with van der Waals surface area (Å²) in [6, 6.07) is 0.953.